The fraction of sp³-hybridized carbons (Fsp3) is 0.286. The van der Waals surface area contributed by atoms with Gasteiger partial charge >= 0.3 is 0 Å². The van der Waals surface area contributed by atoms with Crippen LogP contribution in [-0.2, 0) is 6.42 Å². The minimum atomic E-state index is 1.12. The highest BCUT2D eigenvalue weighted by atomic mass is 14.1. The van der Waals surface area contributed by atoms with Gasteiger partial charge in [0.2, 0.25) is 0 Å². The molecule has 0 amide bonds. The molecule has 0 aromatic heterocycles. The minimum absolute atomic E-state index is 1.12. The van der Waals surface area contributed by atoms with Crippen molar-refractivity contribution in [3.05, 3.63) is 47.0 Å². The van der Waals surface area contributed by atoms with Crippen molar-refractivity contribution >= 4 is 10.8 Å². The standard InChI is InChI=1S/C14H16/c1-4-12-8-9-13-7-5-6-10(2)14(13)11(12)3/h5-9H,4H2,1-3H3. The molecule has 0 saturated heterocycles. The monoisotopic (exact) mass is 184 g/mol. The van der Waals surface area contributed by atoms with Gasteiger partial charge in [0, 0.05) is 0 Å². The molecule has 0 spiro atoms. The Bertz CT molecular complexity index is 467. The maximum Gasteiger partial charge on any atom is -0.0123 e. The Morgan fingerprint density at radius 3 is 2.50 bits per heavy atom. The summed E-state index contributed by atoms with van der Waals surface area (Å²) in [6.07, 6.45) is 1.12. The van der Waals surface area contributed by atoms with Gasteiger partial charge < -0.3 is 0 Å². The number of rotatable bonds is 1. The molecule has 14 heavy (non-hydrogen) atoms. The van der Waals surface area contributed by atoms with E-state index in [-0.39, 0.29) is 0 Å². The summed E-state index contributed by atoms with van der Waals surface area (Å²) < 4.78 is 0. The van der Waals surface area contributed by atoms with Crippen LogP contribution in [0.15, 0.2) is 30.3 Å². The second kappa shape index (κ2) is 3.45. The maximum atomic E-state index is 2.25. The van der Waals surface area contributed by atoms with Crippen molar-refractivity contribution < 1.29 is 0 Å². The maximum absolute atomic E-state index is 2.25. The predicted molar refractivity (Wildman–Crippen MR) is 62.8 cm³/mol. The second-order valence-electron chi connectivity index (χ2n) is 3.88. The molecule has 2 aromatic carbocycles. The van der Waals surface area contributed by atoms with Gasteiger partial charge in [0.25, 0.3) is 0 Å². The second-order valence-corrected chi connectivity index (χ2v) is 3.88. The van der Waals surface area contributed by atoms with Gasteiger partial charge in [0.15, 0.2) is 0 Å². The van der Waals surface area contributed by atoms with Crippen LogP contribution in [-0.4, -0.2) is 0 Å². The normalized spacial score (nSPS) is 10.8. The zero-order valence-electron chi connectivity index (χ0n) is 9.09. The van der Waals surface area contributed by atoms with Crippen LogP contribution >= 0.6 is 0 Å². The molecule has 0 heteroatoms. The van der Waals surface area contributed by atoms with Gasteiger partial charge in [0.1, 0.15) is 0 Å². The first kappa shape index (κ1) is 9.26. The summed E-state index contributed by atoms with van der Waals surface area (Å²) >= 11 is 0. The fourth-order valence-corrected chi connectivity index (χ4v) is 2.20. The van der Waals surface area contributed by atoms with Crippen molar-refractivity contribution in [2.75, 3.05) is 0 Å². The highest BCUT2D eigenvalue weighted by Crippen LogP contribution is 2.25. The number of aryl methyl sites for hydroxylation is 3. The zero-order chi connectivity index (χ0) is 10.1. The molecule has 0 nitrogen and oxygen atoms in total. The van der Waals surface area contributed by atoms with E-state index in [9.17, 15) is 0 Å². The highest BCUT2D eigenvalue weighted by Gasteiger charge is 2.03. The summed E-state index contributed by atoms with van der Waals surface area (Å²) in [7, 11) is 0. The molecule has 0 radical (unpaired) electrons. The van der Waals surface area contributed by atoms with Crippen molar-refractivity contribution in [1.29, 1.82) is 0 Å². The third kappa shape index (κ3) is 1.31. The molecule has 2 rings (SSSR count). The van der Waals surface area contributed by atoms with Crippen molar-refractivity contribution in [2.24, 2.45) is 0 Å². The first-order valence-electron chi connectivity index (χ1n) is 5.22. The summed E-state index contributed by atoms with van der Waals surface area (Å²) in [5, 5.41) is 2.80. The van der Waals surface area contributed by atoms with E-state index in [1.807, 2.05) is 0 Å². The van der Waals surface area contributed by atoms with Gasteiger partial charge in [-0.15, -0.1) is 0 Å². The Kier molecular flexibility index (Phi) is 2.28. The molecular weight excluding hydrogens is 168 g/mol. The van der Waals surface area contributed by atoms with Crippen molar-refractivity contribution in [1.82, 2.24) is 0 Å². The van der Waals surface area contributed by atoms with Crippen molar-refractivity contribution in [3.63, 3.8) is 0 Å². The van der Waals surface area contributed by atoms with Gasteiger partial charge in [-0.2, -0.15) is 0 Å². The van der Waals surface area contributed by atoms with E-state index in [2.05, 4.69) is 51.1 Å². The topological polar surface area (TPSA) is 0 Å². The lowest BCUT2D eigenvalue weighted by atomic mass is 9.96. The van der Waals surface area contributed by atoms with Crippen LogP contribution in [0.2, 0.25) is 0 Å². The van der Waals surface area contributed by atoms with E-state index >= 15 is 0 Å². The average molecular weight is 184 g/mol. The van der Waals surface area contributed by atoms with Gasteiger partial charge in [0.05, 0.1) is 0 Å². The van der Waals surface area contributed by atoms with Crippen LogP contribution in [0.25, 0.3) is 10.8 Å². The van der Waals surface area contributed by atoms with Gasteiger partial charge in [-0.3, -0.25) is 0 Å². The summed E-state index contributed by atoms with van der Waals surface area (Å²) in [6, 6.07) is 11.0. The number of hydrogen-bond donors (Lipinski definition) is 0. The molecule has 0 unspecified atom stereocenters. The SMILES string of the molecule is CCc1ccc2cccc(C)c2c1C. The number of benzene rings is 2. The van der Waals surface area contributed by atoms with E-state index in [1.165, 1.54) is 27.5 Å². The lowest BCUT2D eigenvalue weighted by Gasteiger charge is -2.09. The van der Waals surface area contributed by atoms with E-state index in [4.69, 9.17) is 0 Å². The number of hydrogen-bond acceptors (Lipinski definition) is 0. The van der Waals surface area contributed by atoms with Crippen LogP contribution in [0.3, 0.4) is 0 Å². The molecule has 0 atom stereocenters. The smallest absolute Gasteiger partial charge is 0.0123 e. The average Bonchev–Trinajstić information content (AvgIpc) is 2.18. The van der Waals surface area contributed by atoms with E-state index < -0.39 is 0 Å². The quantitative estimate of drug-likeness (QED) is 0.628. The van der Waals surface area contributed by atoms with Crippen LogP contribution in [0.4, 0.5) is 0 Å². The molecule has 0 fully saturated rings. The molecule has 0 saturated carbocycles. The fourth-order valence-electron chi connectivity index (χ4n) is 2.20. The van der Waals surface area contributed by atoms with E-state index in [0.717, 1.165) is 6.42 Å². The Hall–Kier alpha value is -1.30. The van der Waals surface area contributed by atoms with Crippen LogP contribution < -0.4 is 0 Å². The largest absolute Gasteiger partial charge is 0.0614 e. The Labute approximate surface area is 85.6 Å². The van der Waals surface area contributed by atoms with Crippen molar-refractivity contribution in [2.45, 2.75) is 27.2 Å². The Morgan fingerprint density at radius 1 is 1.00 bits per heavy atom. The summed E-state index contributed by atoms with van der Waals surface area (Å²) in [6.45, 7) is 6.63. The third-order valence-electron chi connectivity index (χ3n) is 3.01. The molecule has 0 aliphatic rings. The van der Waals surface area contributed by atoms with E-state index in [0.29, 0.717) is 0 Å². The molecule has 0 heterocycles. The number of fused-ring (bicyclic) bond motifs is 1. The zero-order valence-corrected chi connectivity index (χ0v) is 9.09. The molecule has 0 bridgehead atoms. The van der Waals surface area contributed by atoms with Crippen LogP contribution in [0.5, 0.6) is 0 Å². The lowest BCUT2D eigenvalue weighted by molar-refractivity contribution is 1.12. The Balaban J connectivity index is 2.86. The van der Waals surface area contributed by atoms with Crippen LogP contribution in [0, 0.1) is 13.8 Å². The predicted octanol–water partition coefficient (Wildman–Crippen LogP) is 4.02. The van der Waals surface area contributed by atoms with Gasteiger partial charge in [-0.1, -0.05) is 37.3 Å². The molecule has 2 aromatic rings. The molecule has 0 aliphatic carbocycles. The highest BCUT2D eigenvalue weighted by molar-refractivity contribution is 5.89. The molecular formula is C14H16. The third-order valence-corrected chi connectivity index (χ3v) is 3.01. The Morgan fingerprint density at radius 2 is 1.79 bits per heavy atom. The minimum Gasteiger partial charge on any atom is -0.0614 e. The van der Waals surface area contributed by atoms with Crippen molar-refractivity contribution in [3.8, 4) is 0 Å². The molecule has 0 N–H and O–H groups in total. The van der Waals surface area contributed by atoms with Gasteiger partial charge in [-0.25, -0.2) is 0 Å². The summed E-state index contributed by atoms with van der Waals surface area (Å²) in [5.74, 6) is 0. The summed E-state index contributed by atoms with van der Waals surface area (Å²) in [5.41, 5.74) is 4.30. The lowest BCUT2D eigenvalue weighted by Crippen LogP contribution is -1.89. The summed E-state index contributed by atoms with van der Waals surface area (Å²) in [4.78, 5) is 0. The van der Waals surface area contributed by atoms with E-state index in [1.54, 1.807) is 0 Å². The molecule has 72 valence electrons. The van der Waals surface area contributed by atoms with Crippen LogP contribution in [0.1, 0.15) is 23.6 Å². The first-order chi connectivity index (χ1) is 6.74. The molecule has 0 aliphatic heterocycles. The van der Waals surface area contributed by atoms with Gasteiger partial charge in [-0.05, 0) is 47.7 Å². The first-order valence-corrected chi connectivity index (χ1v) is 5.22.